The summed E-state index contributed by atoms with van der Waals surface area (Å²) in [7, 11) is 0. The Kier molecular flexibility index (Phi) is 9.27. The van der Waals surface area contributed by atoms with Crippen molar-refractivity contribution in [2.75, 3.05) is 6.61 Å². The first-order valence-electron chi connectivity index (χ1n) is 13.3. The lowest BCUT2D eigenvalue weighted by Crippen LogP contribution is -2.06. The molecule has 3 aromatic rings. The average Bonchev–Trinajstić information content (AvgIpc) is 2.93. The van der Waals surface area contributed by atoms with Crippen LogP contribution < -0.4 is 4.74 Å². The molecule has 4 rings (SSSR count). The van der Waals surface area contributed by atoms with Crippen LogP contribution in [0.3, 0.4) is 0 Å². The first-order chi connectivity index (χ1) is 18.0. The van der Waals surface area contributed by atoms with Gasteiger partial charge in [0.05, 0.1) is 6.61 Å². The van der Waals surface area contributed by atoms with Crippen molar-refractivity contribution in [3.05, 3.63) is 96.3 Å². The van der Waals surface area contributed by atoms with E-state index in [1.807, 2.05) is 18.2 Å². The molecule has 4 heteroatoms. The fourth-order valence-corrected chi connectivity index (χ4v) is 4.95. The number of unbranched alkanes of at least 4 members (excludes halogenated alkanes) is 2. The Morgan fingerprint density at radius 1 is 0.892 bits per heavy atom. The van der Waals surface area contributed by atoms with Gasteiger partial charge in [0, 0.05) is 11.1 Å². The SMILES string of the molecule is C=CCCC1CC=C(c2ccc(-c3ccc(-c4ccc(OCCCCC)c(F)c4F)cc3)cc2F)CC1. The fraction of sp³-hybridized carbons (Fsp3) is 0.333. The topological polar surface area (TPSA) is 9.23 Å². The summed E-state index contributed by atoms with van der Waals surface area (Å²) in [4.78, 5) is 0. The zero-order valence-corrected chi connectivity index (χ0v) is 21.5. The summed E-state index contributed by atoms with van der Waals surface area (Å²) in [5.74, 6) is -1.55. The fourth-order valence-electron chi connectivity index (χ4n) is 4.95. The van der Waals surface area contributed by atoms with Gasteiger partial charge in [-0.1, -0.05) is 68.3 Å². The smallest absolute Gasteiger partial charge is 0.201 e. The van der Waals surface area contributed by atoms with Gasteiger partial charge in [0.1, 0.15) is 5.82 Å². The Morgan fingerprint density at radius 3 is 2.30 bits per heavy atom. The minimum absolute atomic E-state index is 0.0649. The van der Waals surface area contributed by atoms with Crippen molar-refractivity contribution in [1.29, 1.82) is 0 Å². The lowest BCUT2D eigenvalue weighted by molar-refractivity contribution is 0.286. The summed E-state index contributed by atoms with van der Waals surface area (Å²) in [5.41, 5.74) is 4.01. The highest BCUT2D eigenvalue weighted by atomic mass is 19.2. The zero-order valence-electron chi connectivity index (χ0n) is 21.5. The van der Waals surface area contributed by atoms with Crippen molar-refractivity contribution in [1.82, 2.24) is 0 Å². The Hall–Kier alpha value is -3.27. The van der Waals surface area contributed by atoms with Gasteiger partial charge in [0.25, 0.3) is 0 Å². The van der Waals surface area contributed by atoms with Crippen LogP contribution in [0.15, 0.2) is 73.3 Å². The van der Waals surface area contributed by atoms with E-state index in [1.54, 1.807) is 30.3 Å². The molecular formula is C33H35F3O. The van der Waals surface area contributed by atoms with Crippen LogP contribution in [-0.4, -0.2) is 6.61 Å². The molecule has 0 aromatic heterocycles. The van der Waals surface area contributed by atoms with Gasteiger partial charge in [-0.15, -0.1) is 6.58 Å². The number of rotatable bonds is 11. The second kappa shape index (κ2) is 12.8. The van der Waals surface area contributed by atoms with E-state index < -0.39 is 11.6 Å². The average molecular weight is 505 g/mol. The van der Waals surface area contributed by atoms with Crippen LogP contribution in [-0.2, 0) is 0 Å². The molecule has 1 nitrogen and oxygen atoms in total. The standard InChI is InChI=1S/C33H35F3O/c1-3-5-7-21-37-31-20-19-29(32(35)33(31)36)26-15-13-24(14-16-26)27-17-18-28(30(34)22-27)25-11-9-23(10-12-25)8-6-4-2/h4,11,13-20,22-23H,2-3,5-10,12,21H2,1H3. The molecular weight excluding hydrogens is 469 g/mol. The monoisotopic (exact) mass is 504 g/mol. The molecule has 0 saturated carbocycles. The molecule has 0 bridgehead atoms. The van der Waals surface area contributed by atoms with Gasteiger partial charge >= 0.3 is 0 Å². The molecule has 0 N–H and O–H groups in total. The summed E-state index contributed by atoms with van der Waals surface area (Å²) in [6, 6.07) is 15.4. The van der Waals surface area contributed by atoms with E-state index in [1.165, 1.54) is 12.1 Å². The second-order valence-electron chi connectivity index (χ2n) is 9.80. The number of benzene rings is 3. The first-order valence-corrected chi connectivity index (χ1v) is 13.3. The Labute approximate surface area is 218 Å². The van der Waals surface area contributed by atoms with Crippen molar-refractivity contribution < 1.29 is 17.9 Å². The maximum atomic E-state index is 15.1. The van der Waals surface area contributed by atoms with E-state index >= 15 is 4.39 Å². The van der Waals surface area contributed by atoms with Gasteiger partial charge in [-0.3, -0.25) is 0 Å². The molecule has 0 heterocycles. The molecule has 1 aliphatic rings. The van der Waals surface area contributed by atoms with E-state index in [2.05, 4.69) is 19.6 Å². The molecule has 0 amide bonds. The van der Waals surface area contributed by atoms with Crippen LogP contribution in [0.25, 0.3) is 27.8 Å². The highest BCUT2D eigenvalue weighted by Gasteiger charge is 2.18. The number of allylic oxidation sites excluding steroid dienone is 3. The molecule has 0 aliphatic heterocycles. The van der Waals surface area contributed by atoms with Crippen molar-refractivity contribution in [3.63, 3.8) is 0 Å². The van der Waals surface area contributed by atoms with Crippen molar-refractivity contribution in [2.24, 2.45) is 5.92 Å². The highest BCUT2D eigenvalue weighted by Crippen LogP contribution is 2.36. The quantitative estimate of drug-likeness (QED) is 0.186. The van der Waals surface area contributed by atoms with Crippen LogP contribution in [0.4, 0.5) is 13.2 Å². The molecule has 0 spiro atoms. The van der Waals surface area contributed by atoms with Gasteiger partial charge in [0.2, 0.25) is 5.82 Å². The number of hydrogen-bond acceptors (Lipinski definition) is 1. The Bertz CT molecular complexity index is 1240. The minimum atomic E-state index is -0.972. The lowest BCUT2D eigenvalue weighted by atomic mass is 9.84. The maximum Gasteiger partial charge on any atom is 0.201 e. The van der Waals surface area contributed by atoms with Crippen LogP contribution in [0.1, 0.15) is 63.9 Å². The van der Waals surface area contributed by atoms with Crippen molar-refractivity contribution >= 4 is 5.57 Å². The van der Waals surface area contributed by atoms with Crippen molar-refractivity contribution in [2.45, 2.75) is 58.3 Å². The normalized spacial score (nSPS) is 15.4. The molecule has 0 fully saturated rings. The third-order valence-electron chi connectivity index (χ3n) is 7.20. The van der Waals surface area contributed by atoms with Crippen LogP contribution >= 0.6 is 0 Å². The molecule has 3 aromatic carbocycles. The summed E-state index contributed by atoms with van der Waals surface area (Å²) < 4.78 is 49.8. The van der Waals surface area contributed by atoms with E-state index in [4.69, 9.17) is 4.74 Å². The second-order valence-corrected chi connectivity index (χ2v) is 9.80. The summed E-state index contributed by atoms with van der Waals surface area (Å²) in [6.07, 6.45) is 12.1. The predicted octanol–water partition coefficient (Wildman–Crippen LogP) is 10.2. The lowest BCUT2D eigenvalue weighted by Gasteiger charge is -2.22. The molecule has 1 unspecified atom stereocenters. The highest BCUT2D eigenvalue weighted by molar-refractivity contribution is 5.74. The summed E-state index contributed by atoms with van der Waals surface area (Å²) in [6.45, 7) is 6.23. The molecule has 1 atom stereocenters. The van der Waals surface area contributed by atoms with E-state index in [-0.39, 0.29) is 17.1 Å². The van der Waals surface area contributed by atoms with E-state index in [0.29, 0.717) is 23.7 Å². The predicted molar refractivity (Wildman–Crippen MR) is 147 cm³/mol. The number of hydrogen-bond donors (Lipinski definition) is 0. The van der Waals surface area contributed by atoms with Gasteiger partial charge in [-0.05, 0) is 84.9 Å². The Balaban J connectivity index is 1.46. The van der Waals surface area contributed by atoms with Crippen molar-refractivity contribution in [3.8, 4) is 28.0 Å². The van der Waals surface area contributed by atoms with E-state index in [9.17, 15) is 8.78 Å². The van der Waals surface area contributed by atoms with Gasteiger partial charge in [-0.2, -0.15) is 4.39 Å². The Morgan fingerprint density at radius 2 is 1.62 bits per heavy atom. The van der Waals surface area contributed by atoms with E-state index in [0.717, 1.165) is 68.1 Å². The number of ether oxygens (including phenoxy) is 1. The summed E-state index contributed by atoms with van der Waals surface area (Å²) >= 11 is 0. The van der Waals surface area contributed by atoms with Gasteiger partial charge in [-0.25, -0.2) is 8.78 Å². The molecule has 194 valence electrons. The zero-order chi connectivity index (χ0) is 26.2. The third kappa shape index (κ3) is 6.54. The third-order valence-corrected chi connectivity index (χ3v) is 7.20. The van der Waals surface area contributed by atoms with Gasteiger partial charge in [0.15, 0.2) is 11.6 Å². The van der Waals surface area contributed by atoms with Crippen LogP contribution in [0.2, 0.25) is 0 Å². The first kappa shape index (κ1) is 26.8. The number of halogens is 3. The minimum Gasteiger partial charge on any atom is -0.490 e. The molecule has 0 radical (unpaired) electrons. The van der Waals surface area contributed by atoms with Crippen LogP contribution in [0.5, 0.6) is 5.75 Å². The molecule has 1 aliphatic carbocycles. The molecule has 0 saturated heterocycles. The van der Waals surface area contributed by atoms with Crippen LogP contribution in [0, 0.1) is 23.4 Å². The molecule has 37 heavy (non-hydrogen) atoms. The summed E-state index contributed by atoms with van der Waals surface area (Å²) in [5, 5.41) is 0. The largest absolute Gasteiger partial charge is 0.490 e. The maximum absolute atomic E-state index is 15.1. The van der Waals surface area contributed by atoms with Gasteiger partial charge < -0.3 is 4.74 Å².